The van der Waals surface area contributed by atoms with Crippen LogP contribution in [0.2, 0.25) is 0 Å². The summed E-state index contributed by atoms with van der Waals surface area (Å²) in [5.41, 5.74) is 18.3. The van der Waals surface area contributed by atoms with Gasteiger partial charge in [0.25, 0.3) is 0 Å². The highest BCUT2D eigenvalue weighted by Crippen LogP contribution is 2.31. The van der Waals surface area contributed by atoms with Crippen molar-refractivity contribution in [2.24, 2.45) is 27.2 Å². The number of benzene rings is 2. The fourth-order valence-corrected chi connectivity index (χ4v) is 2.99. The van der Waals surface area contributed by atoms with E-state index in [1.807, 2.05) is 12.1 Å². The van der Waals surface area contributed by atoms with Crippen LogP contribution in [0.1, 0.15) is 0 Å². The van der Waals surface area contributed by atoms with Gasteiger partial charge >= 0.3 is 0 Å². The van der Waals surface area contributed by atoms with Gasteiger partial charge in [0, 0.05) is 5.56 Å². The van der Waals surface area contributed by atoms with Crippen LogP contribution in [-0.2, 0) is 0 Å². The highest BCUT2D eigenvalue weighted by atomic mass is 32.1. The number of hydrogen-bond donors (Lipinski definition) is 3. The minimum atomic E-state index is -0.271. The fourth-order valence-electron chi connectivity index (χ4n) is 1.99. The Morgan fingerprint density at radius 3 is 2.48 bits per heavy atom. The van der Waals surface area contributed by atoms with Crippen LogP contribution >= 0.6 is 11.3 Å². The van der Waals surface area contributed by atoms with Gasteiger partial charge in [-0.15, -0.1) is 11.3 Å². The predicted octanol–water partition coefficient (Wildman–Crippen LogP) is 2.32. The molecule has 0 bridgehead atoms. The molecular formula is C15H13FN6S. The Morgan fingerprint density at radius 2 is 1.78 bits per heavy atom. The number of guanidine groups is 2. The van der Waals surface area contributed by atoms with Gasteiger partial charge in [0.15, 0.2) is 5.96 Å². The van der Waals surface area contributed by atoms with Crippen molar-refractivity contribution in [1.82, 2.24) is 4.98 Å². The van der Waals surface area contributed by atoms with Crippen molar-refractivity contribution < 1.29 is 4.39 Å². The Bertz CT molecular complexity index is 909. The van der Waals surface area contributed by atoms with E-state index in [0.717, 1.165) is 20.8 Å². The highest BCUT2D eigenvalue weighted by Gasteiger charge is 2.07. The van der Waals surface area contributed by atoms with Gasteiger partial charge in [-0.1, -0.05) is 0 Å². The molecule has 1 aromatic heterocycles. The first-order chi connectivity index (χ1) is 11.0. The molecule has 1 heterocycles. The van der Waals surface area contributed by atoms with Crippen molar-refractivity contribution in [2.45, 2.75) is 0 Å². The molecule has 3 rings (SSSR count). The van der Waals surface area contributed by atoms with Crippen molar-refractivity contribution in [2.75, 3.05) is 0 Å². The molecule has 0 aliphatic heterocycles. The number of halogens is 1. The molecule has 0 unspecified atom stereocenters. The second-order valence-electron chi connectivity index (χ2n) is 4.68. The molecule has 0 aliphatic rings. The summed E-state index contributed by atoms with van der Waals surface area (Å²) in [6.07, 6.45) is 0. The molecule has 0 spiro atoms. The molecule has 6 N–H and O–H groups in total. The monoisotopic (exact) mass is 328 g/mol. The van der Waals surface area contributed by atoms with E-state index >= 15 is 0 Å². The molecule has 0 fully saturated rings. The van der Waals surface area contributed by atoms with Gasteiger partial charge < -0.3 is 17.2 Å². The van der Waals surface area contributed by atoms with E-state index < -0.39 is 0 Å². The first kappa shape index (κ1) is 14.9. The summed E-state index contributed by atoms with van der Waals surface area (Å²) in [5.74, 6) is -0.439. The summed E-state index contributed by atoms with van der Waals surface area (Å²) in [6.45, 7) is 0. The van der Waals surface area contributed by atoms with Crippen molar-refractivity contribution in [1.29, 1.82) is 0 Å². The number of rotatable bonds is 2. The minimum Gasteiger partial charge on any atom is -0.370 e. The molecule has 0 amide bonds. The minimum absolute atomic E-state index is 0.0202. The van der Waals surface area contributed by atoms with Crippen LogP contribution in [0.3, 0.4) is 0 Å². The van der Waals surface area contributed by atoms with E-state index in [9.17, 15) is 4.39 Å². The van der Waals surface area contributed by atoms with Crippen molar-refractivity contribution in [3.8, 4) is 10.6 Å². The number of nitrogens with zero attached hydrogens (tertiary/aromatic N) is 3. The van der Waals surface area contributed by atoms with E-state index in [1.54, 1.807) is 18.2 Å². The third kappa shape index (κ3) is 3.43. The second kappa shape index (κ2) is 6.01. The van der Waals surface area contributed by atoms with Gasteiger partial charge in [0.1, 0.15) is 10.8 Å². The molecule has 0 atom stereocenters. The smallest absolute Gasteiger partial charge is 0.223 e. The zero-order chi connectivity index (χ0) is 16.4. The zero-order valence-corrected chi connectivity index (χ0v) is 12.7. The number of hydrogen-bond acceptors (Lipinski definition) is 3. The first-order valence-corrected chi connectivity index (χ1v) is 7.43. The summed E-state index contributed by atoms with van der Waals surface area (Å²) >= 11 is 1.43. The summed E-state index contributed by atoms with van der Waals surface area (Å²) in [7, 11) is 0. The van der Waals surface area contributed by atoms with Gasteiger partial charge in [-0.3, -0.25) is 0 Å². The van der Waals surface area contributed by atoms with Crippen LogP contribution in [0.15, 0.2) is 52.4 Å². The molecule has 0 saturated heterocycles. The fraction of sp³-hybridized carbons (Fsp3) is 0. The quantitative estimate of drug-likeness (QED) is 0.494. The number of fused-ring (bicyclic) bond motifs is 1. The third-order valence-corrected chi connectivity index (χ3v) is 4.02. The topological polar surface area (TPSA) is 116 Å². The number of nitrogens with two attached hydrogens (primary N) is 3. The third-order valence-electron chi connectivity index (χ3n) is 2.95. The summed E-state index contributed by atoms with van der Waals surface area (Å²) in [6, 6.07) is 11.8. The lowest BCUT2D eigenvalue weighted by Crippen LogP contribution is -2.26. The highest BCUT2D eigenvalue weighted by molar-refractivity contribution is 7.21. The summed E-state index contributed by atoms with van der Waals surface area (Å²) in [5, 5.41) is 0.804. The van der Waals surface area contributed by atoms with Crippen molar-refractivity contribution in [3.05, 3.63) is 48.3 Å². The lowest BCUT2D eigenvalue weighted by Gasteiger charge is -1.98. The van der Waals surface area contributed by atoms with Gasteiger partial charge in [-0.2, -0.15) is 4.99 Å². The van der Waals surface area contributed by atoms with Crippen LogP contribution in [0.25, 0.3) is 20.8 Å². The average molecular weight is 328 g/mol. The Labute approximate surface area is 135 Å². The maximum atomic E-state index is 13.2. The second-order valence-corrected chi connectivity index (χ2v) is 5.72. The van der Waals surface area contributed by atoms with Crippen molar-refractivity contribution >= 4 is 39.2 Å². The normalized spacial score (nSPS) is 11.6. The number of thiazole rings is 1. The molecule has 6 nitrogen and oxygen atoms in total. The first-order valence-electron chi connectivity index (χ1n) is 6.61. The molecule has 116 valence electrons. The van der Waals surface area contributed by atoms with E-state index in [2.05, 4.69) is 15.0 Å². The molecule has 0 saturated carbocycles. The Balaban J connectivity index is 1.90. The lowest BCUT2D eigenvalue weighted by molar-refractivity contribution is 0.630. The van der Waals surface area contributed by atoms with Gasteiger partial charge in [0.2, 0.25) is 5.96 Å². The van der Waals surface area contributed by atoms with E-state index in [0.29, 0.717) is 5.69 Å². The summed E-state index contributed by atoms with van der Waals surface area (Å²) < 4.78 is 14.0. The van der Waals surface area contributed by atoms with Gasteiger partial charge in [0.05, 0.1) is 15.9 Å². The predicted molar refractivity (Wildman–Crippen MR) is 92.1 cm³/mol. The Morgan fingerprint density at radius 1 is 1.04 bits per heavy atom. The number of aromatic nitrogens is 1. The van der Waals surface area contributed by atoms with Crippen LogP contribution in [0, 0.1) is 5.82 Å². The molecule has 2 aromatic carbocycles. The maximum absolute atomic E-state index is 13.2. The Hall–Kier alpha value is -3.00. The van der Waals surface area contributed by atoms with E-state index in [1.165, 1.54) is 23.5 Å². The average Bonchev–Trinajstić information content (AvgIpc) is 2.90. The van der Waals surface area contributed by atoms with E-state index in [4.69, 9.17) is 17.2 Å². The number of aliphatic imine (C=N–C) groups is 2. The molecule has 23 heavy (non-hydrogen) atoms. The molecule has 3 aromatic rings. The largest absolute Gasteiger partial charge is 0.370 e. The zero-order valence-electron chi connectivity index (χ0n) is 11.9. The van der Waals surface area contributed by atoms with E-state index in [-0.39, 0.29) is 17.7 Å². The van der Waals surface area contributed by atoms with Crippen molar-refractivity contribution in [3.63, 3.8) is 0 Å². The SMILES string of the molecule is NC(N)=NC(N)=Nc1ccc(-c2nc3ccc(F)cc3s2)cc1. The van der Waals surface area contributed by atoms with Crippen LogP contribution in [-0.4, -0.2) is 16.9 Å². The summed E-state index contributed by atoms with van der Waals surface area (Å²) in [4.78, 5) is 12.2. The van der Waals surface area contributed by atoms with Crippen LogP contribution < -0.4 is 17.2 Å². The molecule has 8 heteroatoms. The molecular weight excluding hydrogens is 315 g/mol. The maximum Gasteiger partial charge on any atom is 0.223 e. The van der Waals surface area contributed by atoms with Gasteiger partial charge in [-0.05, 0) is 42.5 Å². The van der Waals surface area contributed by atoms with Gasteiger partial charge in [-0.25, -0.2) is 14.4 Å². The lowest BCUT2D eigenvalue weighted by atomic mass is 10.2. The standard InChI is InChI=1S/C15H13FN6S/c16-9-3-6-11-12(7-9)23-13(21-11)8-1-4-10(5-2-8)20-15(19)22-14(17)18/h1-7H,(H6,17,18,19,20,22). The van der Waals surface area contributed by atoms with Crippen LogP contribution in [0.5, 0.6) is 0 Å². The molecule has 0 radical (unpaired) electrons. The van der Waals surface area contributed by atoms with Crippen LogP contribution in [0.4, 0.5) is 10.1 Å². The Kier molecular flexibility index (Phi) is 3.90. The molecule has 0 aliphatic carbocycles.